The van der Waals surface area contributed by atoms with Crippen LogP contribution < -0.4 is 4.74 Å². The van der Waals surface area contributed by atoms with E-state index >= 15 is 0 Å². The fraction of sp³-hybridized carbons (Fsp3) is 0.429. The number of methoxy groups -OCH3 is 1. The Kier molecular flexibility index (Phi) is 4.74. The number of hydrogen-bond acceptors (Lipinski definition) is 4. The maximum atomic E-state index is 5.75. The molecular formula is C21H27N5O. The molecule has 1 aliphatic rings. The third kappa shape index (κ3) is 3.25. The van der Waals surface area contributed by atoms with E-state index in [1.165, 1.54) is 16.8 Å². The highest BCUT2D eigenvalue weighted by Crippen LogP contribution is 2.40. The number of H-pyrrole nitrogens is 2. The summed E-state index contributed by atoms with van der Waals surface area (Å²) in [5.41, 5.74) is 6.98. The van der Waals surface area contributed by atoms with Crippen LogP contribution in [0.1, 0.15) is 59.7 Å². The second-order valence-corrected chi connectivity index (χ2v) is 7.52. The first-order chi connectivity index (χ1) is 13.1. The minimum atomic E-state index is 0.0461. The Morgan fingerprint density at radius 3 is 2.74 bits per heavy atom. The van der Waals surface area contributed by atoms with E-state index in [9.17, 15) is 0 Å². The van der Waals surface area contributed by atoms with Crippen molar-refractivity contribution in [2.24, 2.45) is 0 Å². The van der Waals surface area contributed by atoms with E-state index < -0.39 is 0 Å². The summed E-state index contributed by atoms with van der Waals surface area (Å²) in [6.45, 7) is 8.23. The molecule has 0 unspecified atom stereocenters. The molecule has 0 saturated heterocycles. The topological polar surface area (TPSA) is 69.8 Å². The minimum Gasteiger partial charge on any atom is -0.496 e. The van der Waals surface area contributed by atoms with E-state index in [1.54, 1.807) is 19.8 Å². The van der Waals surface area contributed by atoms with Crippen LogP contribution in [-0.2, 0) is 13.0 Å². The molecule has 1 aliphatic heterocycles. The molecule has 6 nitrogen and oxygen atoms in total. The Morgan fingerprint density at radius 1 is 1.22 bits per heavy atom. The van der Waals surface area contributed by atoms with E-state index in [0.29, 0.717) is 5.92 Å². The third-order valence-corrected chi connectivity index (χ3v) is 5.53. The Balaban J connectivity index is 1.81. The number of hydrogen-bond donors (Lipinski definition) is 2. The van der Waals surface area contributed by atoms with Crippen molar-refractivity contribution in [2.45, 2.75) is 45.7 Å². The molecule has 3 heterocycles. The van der Waals surface area contributed by atoms with Gasteiger partial charge in [-0.15, -0.1) is 0 Å². The van der Waals surface area contributed by atoms with Gasteiger partial charge in [-0.2, -0.15) is 0 Å². The van der Waals surface area contributed by atoms with Crippen molar-refractivity contribution in [1.82, 2.24) is 24.8 Å². The molecule has 0 spiro atoms. The van der Waals surface area contributed by atoms with Gasteiger partial charge >= 0.3 is 0 Å². The van der Waals surface area contributed by atoms with Crippen LogP contribution in [-0.4, -0.2) is 38.5 Å². The predicted octanol–water partition coefficient (Wildman–Crippen LogP) is 3.72. The molecule has 142 valence electrons. The molecule has 0 amide bonds. The number of aryl methyl sites for hydroxylation is 1. The summed E-state index contributed by atoms with van der Waals surface area (Å²) in [5, 5.41) is 0. The first kappa shape index (κ1) is 17.8. The molecule has 6 heteroatoms. The van der Waals surface area contributed by atoms with Gasteiger partial charge in [-0.25, -0.2) is 9.97 Å². The minimum absolute atomic E-state index is 0.0461. The number of aromatic nitrogens is 4. The quantitative estimate of drug-likeness (QED) is 0.723. The highest BCUT2D eigenvalue weighted by molar-refractivity contribution is 5.45. The van der Waals surface area contributed by atoms with Gasteiger partial charge < -0.3 is 14.7 Å². The first-order valence-electron chi connectivity index (χ1n) is 9.51. The van der Waals surface area contributed by atoms with E-state index in [1.807, 2.05) is 0 Å². The van der Waals surface area contributed by atoms with Gasteiger partial charge in [0.05, 0.1) is 37.2 Å². The summed E-state index contributed by atoms with van der Waals surface area (Å²) in [4.78, 5) is 18.2. The molecule has 27 heavy (non-hydrogen) atoms. The highest BCUT2D eigenvalue weighted by atomic mass is 16.5. The molecule has 0 saturated carbocycles. The van der Waals surface area contributed by atoms with Crippen LogP contribution >= 0.6 is 0 Å². The van der Waals surface area contributed by atoms with Gasteiger partial charge in [0, 0.05) is 36.5 Å². The van der Waals surface area contributed by atoms with Gasteiger partial charge in [0.25, 0.3) is 0 Å². The van der Waals surface area contributed by atoms with Crippen molar-refractivity contribution in [3.8, 4) is 5.75 Å². The van der Waals surface area contributed by atoms with Gasteiger partial charge in [0.2, 0.25) is 0 Å². The van der Waals surface area contributed by atoms with Gasteiger partial charge in [0.1, 0.15) is 5.75 Å². The maximum Gasteiger partial charge on any atom is 0.124 e. The molecule has 4 rings (SSSR count). The summed E-state index contributed by atoms with van der Waals surface area (Å²) in [6, 6.07) is 6.57. The summed E-state index contributed by atoms with van der Waals surface area (Å²) in [6.07, 6.45) is 4.53. The van der Waals surface area contributed by atoms with E-state index in [2.05, 4.69) is 63.8 Å². The molecule has 1 aromatic carbocycles. The van der Waals surface area contributed by atoms with E-state index in [0.717, 1.165) is 42.3 Å². The average molecular weight is 365 g/mol. The van der Waals surface area contributed by atoms with Crippen LogP contribution in [0.5, 0.6) is 5.75 Å². The van der Waals surface area contributed by atoms with Crippen LogP contribution in [0.3, 0.4) is 0 Å². The zero-order valence-corrected chi connectivity index (χ0v) is 16.4. The summed E-state index contributed by atoms with van der Waals surface area (Å²) in [5.74, 6) is 1.36. The zero-order chi connectivity index (χ0) is 19.0. The molecule has 0 bridgehead atoms. The monoisotopic (exact) mass is 365 g/mol. The fourth-order valence-corrected chi connectivity index (χ4v) is 3.90. The van der Waals surface area contributed by atoms with Crippen LogP contribution in [0.4, 0.5) is 0 Å². The number of rotatable bonds is 5. The molecule has 0 fully saturated rings. The van der Waals surface area contributed by atoms with Gasteiger partial charge in [-0.3, -0.25) is 4.90 Å². The number of ether oxygens (including phenoxy) is 1. The summed E-state index contributed by atoms with van der Waals surface area (Å²) in [7, 11) is 1.74. The number of fused-ring (bicyclic) bond motifs is 1. The number of nitrogens with one attached hydrogen (secondary N) is 2. The standard InChI is InChI=1S/C21H27N5O/c1-13(2)15-5-6-19(27-4)16(9-15)21-20-17(23-12-25-20)7-8-26(21)10-18-14(3)22-11-24-18/h5-6,9,11-13,21H,7-8,10H2,1-4H3,(H,22,24)(H,23,25)/t21-/m0/s1. The molecule has 0 aliphatic carbocycles. The SMILES string of the molecule is COc1ccc(C(C)C)cc1[C@H]1c2nc[nH]c2CCN1Cc1nc[nH]c1C. The maximum absolute atomic E-state index is 5.75. The molecular weight excluding hydrogens is 338 g/mol. The molecule has 0 radical (unpaired) electrons. The summed E-state index contributed by atoms with van der Waals surface area (Å²) >= 11 is 0. The van der Waals surface area contributed by atoms with Crippen molar-refractivity contribution >= 4 is 0 Å². The molecule has 2 N–H and O–H groups in total. The van der Waals surface area contributed by atoms with E-state index in [4.69, 9.17) is 4.74 Å². The second kappa shape index (κ2) is 7.19. The van der Waals surface area contributed by atoms with Crippen molar-refractivity contribution in [3.63, 3.8) is 0 Å². The Bertz CT molecular complexity index is 926. The lowest BCUT2D eigenvalue weighted by molar-refractivity contribution is 0.194. The van der Waals surface area contributed by atoms with E-state index in [-0.39, 0.29) is 6.04 Å². The van der Waals surface area contributed by atoms with Gasteiger partial charge in [-0.05, 0) is 30.5 Å². The molecule has 1 atom stereocenters. The molecule has 3 aromatic rings. The fourth-order valence-electron chi connectivity index (χ4n) is 3.90. The van der Waals surface area contributed by atoms with Crippen molar-refractivity contribution in [1.29, 1.82) is 0 Å². The molecule has 2 aromatic heterocycles. The van der Waals surface area contributed by atoms with Crippen LogP contribution in [0.25, 0.3) is 0 Å². The predicted molar refractivity (Wildman–Crippen MR) is 105 cm³/mol. The lowest BCUT2D eigenvalue weighted by Crippen LogP contribution is -2.36. The van der Waals surface area contributed by atoms with Crippen molar-refractivity contribution < 1.29 is 4.74 Å². The highest BCUT2D eigenvalue weighted by Gasteiger charge is 2.33. The number of nitrogens with zero attached hydrogens (tertiary/aromatic N) is 3. The van der Waals surface area contributed by atoms with Crippen molar-refractivity contribution in [3.05, 3.63) is 64.8 Å². The lowest BCUT2D eigenvalue weighted by atomic mass is 9.91. The Labute approximate surface area is 160 Å². The van der Waals surface area contributed by atoms with Crippen LogP contribution in [0, 0.1) is 6.92 Å². The lowest BCUT2D eigenvalue weighted by Gasteiger charge is -2.35. The normalized spacial score (nSPS) is 17.3. The second-order valence-electron chi connectivity index (χ2n) is 7.52. The van der Waals surface area contributed by atoms with Crippen LogP contribution in [0.2, 0.25) is 0 Å². The Hall–Kier alpha value is -2.60. The largest absolute Gasteiger partial charge is 0.496 e. The summed E-state index contributed by atoms with van der Waals surface area (Å²) < 4.78 is 5.75. The van der Waals surface area contributed by atoms with Gasteiger partial charge in [0.15, 0.2) is 0 Å². The number of imidazole rings is 2. The number of aromatic amines is 2. The van der Waals surface area contributed by atoms with Gasteiger partial charge in [-0.1, -0.05) is 19.9 Å². The van der Waals surface area contributed by atoms with Crippen molar-refractivity contribution in [2.75, 3.05) is 13.7 Å². The first-order valence-corrected chi connectivity index (χ1v) is 9.51. The smallest absolute Gasteiger partial charge is 0.124 e. The number of benzene rings is 1. The Morgan fingerprint density at radius 2 is 2.04 bits per heavy atom. The van der Waals surface area contributed by atoms with Crippen LogP contribution in [0.15, 0.2) is 30.9 Å². The third-order valence-electron chi connectivity index (χ3n) is 5.53. The zero-order valence-electron chi connectivity index (χ0n) is 16.4. The average Bonchev–Trinajstić information content (AvgIpc) is 3.30.